The summed E-state index contributed by atoms with van der Waals surface area (Å²) >= 11 is 0. The number of azide groups is 1. The Morgan fingerprint density at radius 2 is 2.42 bits per heavy atom. The number of carbonyl (C=O) groups excluding carboxylic acids is 1. The van der Waals surface area contributed by atoms with Gasteiger partial charge in [0.15, 0.2) is 0 Å². The highest BCUT2D eigenvalue weighted by atomic mass is 16.5. The first-order valence-corrected chi connectivity index (χ1v) is 3.88. The molecule has 0 bridgehead atoms. The number of carbonyl (C=O) groups is 1. The van der Waals surface area contributed by atoms with E-state index in [-0.39, 0.29) is 0 Å². The first kappa shape index (κ1) is 10.8. The Morgan fingerprint density at radius 1 is 1.75 bits per heavy atom. The molecule has 0 amide bonds. The van der Waals surface area contributed by atoms with Crippen molar-refractivity contribution in [1.29, 1.82) is 0 Å². The van der Waals surface area contributed by atoms with Crippen molar-refractivity contribution in [2.24, 2.45) is 5.11 Å². The number of ether oxygens (including phenoxy) is 1. The van der Waals surface area contributed by atoms with E-state index in [1.807, 2.05) is 6.92 Å². The van der Waals surface area contributed by atoms with Crippen molar-refractivity contribution in [2.45, 2.75) is 32.2 Å². The maximum Gasteiger partial charge on any atom is 0.314 e. The lowest BCUT2D eigenvalue weighted by Gasteiger charge is -2.06. The largest absolute Gasteiger partial charge is 0.469 e. The van der Waals surface area contributed by atoms with Crippen LogP contribution >= 0.6 is 0 Å². The fourth-order valence-corrected chi connectivity index (χ4v) is 0.819. The van der Waals surface area contributed by atoms with Crippen LogP contribution < -0.4 is 0 Å². The van der Waals surface area contributed by atoms with Gasteiger partial charge in [0.1, 0.15) is 6.04 Å². The van der Waals surface area contributed by atoms with Gasteiger partial charge in [-0.15, -0.1) is 0 Å². The lowest BCUT2D eigenvalue weighted by atomic mass is 10.1. The molecule has 0 aliphatic rings. The van der Waals surface area contributed by atoms with Gasteiger partial charge in [-0.05, 0) is 12.0 Å². The fourth-order valence-electron chi connectivity index (χ4n) is 0.819. The van der Waals surface area contributed by atoms with Crippen LogP contribution in [0.4, 0.5) is 0 Å². The number of rotatable bonds is 5. The third-order valence-corrected chi connectivity index (χ3v) is 1.50. The summed E-state index contributed by atoms with van der Waals surface area (Å²) in [7, 11) is 1.29. The second-order valence-corrected chi connectivity index (χ2v) is 2.39. The van der Waals surface area contributed by atoms with E-state index >= 15 is 0 Å². The average molecular weight is 171 g/mol. The maximum absolute atomic E-state index is 10.9. The molecule has 0 spiro atoms. The summed E-state index contributed by atoms with van der Waals surface area (Å²) in [5.41, 5.74) is 8.13. The summed E-state index contributed by atoms with van der Waals surface area (Å²) in [6.07, 6.45) is 2.39. The van der Waals surface area contributed by atoms with Crippen molar-refractivity contribution in [3.63, 3.8) is 0 Å². The van der Waals surface area contributed by atoms with Crippen LogP contribution in [0.3, 0.4) is 0 Å². The van der Waals surface area contributed by atoms with Gasteiger partial charge >= 0.3 is 5.97 Å². The first-order chi connectivity index (χ1) is 5.76. The quantitative estimate of drug-likeness (QED) is 0.274. The molecule has 0 aromatic rings. The van der Waals surface area contributed by atoms with Crippen LogP contribution in [0.5, 0.6) is 0 Å². The molecule has 0 rings (SSSR count). The van der Waals surface area contributed by atoms with Gasteiger partial charge in [-0.1, -0.05) is 24.9 Å². The van der Waals surface area contributed by atoms with E-state index in [4.69, 9.17) is 5.53 Å². The molecule has 68 valence electrons. The summed E-state index contributed by atoms with van der Waals surface area (Å²) in [5, 5.41) is 3.34. The average Bonchev–Trinajstić information content (AvgIpc) is 2.11. The molecule has 1 unspecified atom stereocenters. The Bertz CT molecular complexity index is 187. The molecule has 0 fully saturated rings. The molecule has 0 aliphatic carbocycles. The van der Waals surface area contributed by atoms with Crippen LogP contribution in [0.15, 0.2) is 5.11 Å². The summed E-state index contributed by atoms with van der Waals surface area (Å²) in [6.45, 7) is 2.00. The van der Waals surface area contributed by atoms with Crippen LogP contribution in [0, 0.1) is 0 Å². The zero-order valence-electron chi connectivity index (χ0n) is 7.36. The fraction of sp³-hybridized carbons (Fsp3) is 0.857. The Kier molecular flexibility index (Phi) is 5.83. The lowest BCUT2D eigenvalue weighted by Crippen LogP contribution is -2.19. The van der Waals surface area contributed by atoms with Crippen LogP contribution in [0.1, 0.15) is 26.2 Å². The van der Waals surface area contributed by atoms with E-state index in [1.54, 1.807) is 0 Å². The van der Waals surface area contributed by atoms with Gasteiger partial charge in [0.05, 0.1) is 7.11 Å². The molecule has 0 aromatic carbocycles. The number of hydrogen-bond donors (Lipinski definition) is 0. The SMILES string of the molecule is CCCCC(N=[N+]=[N-])C(=O)OC. The predicted octanol–water partition coefficient (Wildman–Crippen LogP) is 2.03. The summed E-state index contributed by atoms with van der Waals surface area (Å²) in [4.78, 5) is 13.5. The van der Waals surface area contributed by atoms with E-state index in [0.29, 0.717) is 6.42 Å². The normalized spacial score (nSPS) is 11.5. The Morgan fingerprint density at radius 3 is 2.83 bits per heavy atom. The Hall–Kier alpha value is -1.22. The molecule has 5 nitrogen and oxygen atoms in total. The number of hydrogen-bond acceptors (Lipinski definition) is 3. The minimum absolute atomic E-state index is 0.457. The molecule has 0 aliphatic heterocycles. The van der Waals surface area contributed by atoms with Crippen molar-refractivity contribution < 1.29 is 9.53 Å². The first-order valence-electron chi connectivity index (χ1n) is 3.88. The molecule has 5 heteroatoms. The molecule has 12 heavy (non-hydrogen) atoms. The van der Waals surface area contributed by atoms with Crippen molar-refractivity contribution >= 4 is 5.97 Å². The lowest BCUT2D eigenvalue weighted by molar-refractivity contribution is -0.142. The highest BCUT2D eigenvalue weighted by Gasteiger charge is 2.15. The van der Waals surface area contributed by atoms with Crippen LogP contribution in [-0.2, 0) is 9.53 Å². The number of methoxy groups -OCH3 is 1. The van der Waals surface area contributed by atoms with Crippen LogP contribution in [0.2, 0.25) is 0 Å². The second-order valence-electron chi connectivity index (χ2n) is 2.39. The Balaban J connectivity index is 4.03. The van der Waals surface area contributed by atoms with Crippen LogP contribution in [0.25, 0.3) is 10.4 Å². The molecule has 0 heterocycles. The molecule has 0 aromatic heterocycles. The standard InChI is InChI=1S/C7H13N3O2/c1-3-4-5-6(9-10-8)7(11)12-2/h6H,3-5H2,1-2H3. The van der Waals surface area contributed by atoms with Gasteiger partial charge in [-0.3, -0.25) is 4.79 Å². The molecule has 0 N–H and O–H groups in total. The molecule has 1 atom stereocenters. The predicted molar refractivity (Wildman–Crippen MR) is 44.5 cm³/mol. The van der Waals surface area contributed by atoms with E-state index in [2.05, 4.69) is 14.8 Å². The second kappa shape index (κ2) is 6.49. The Labute approximate surface area is 71.3 Å². The van der Waals surface area contributed by atoms with Gasteiger partial charge in [0, 0.05) is 4.91 Å². The van der Waals surface area contributed by atoms with Gasteiger partial charge in [0.25, 0.3) is 0 Å². The number of nitrogens with zero attached hydrogens (tertiary/aromatic N) is 3. The molecule has 0 radical (unpaired) electrons. The smallest absolute Gasteiger partial charge is 0.314 e. The van der Waals surface area contributed by atoms with E-state index in [9.17, 15) is 4.79 Å². The molecular weight excluding hydrogens is 158 g/mol. The minimum Gasteiger partial charge on any atom is -0.469 e. The monoisotopic (exact) mass is 171 g/mol. The van der Waals surface area contributed by atoms with Gasteiger partial charge in [-0.25, -0.2) is 0 Å². The molecule has 0 saturated heterocycles. The zero-order valence-corrected chi connectivity index (χ0v) is 7.36. The summed E-state index contributed by atoms with van der Waals surface area (Å²) < 4.78 is 4.46. The highest BCUT2D eigenvalue weighted by Crippen LogP contribution is 2.06. The van der Waals surface area contributed by atoms with Crippen molar-refractivity contribution in [3.8, 4) is 0 Å². The third kappa shape index (κ3) is 3.83. The van der Waals surface area contributed by atoms with E-state index in [1.165, 1.54) is 7.11 Å². The van der Waals surface area contributed by atoms with Gasteiger partial charge < -0.3 is 4.74 Å². The zero-order chi connectivity index (χ0) is 9.40. The van der Waals surface area contributed by atoms with Gasteiger partial charge in [-0.2, -0.15) is 0 Å². The summed E-state index contributed by atoms with van der Waals surface area (Å²) in [6, 6.07) is -0.653. The molecular formula is C7H13N3O2. The minimum atomic E-state index is -0.653. The molecule has 0 saturated carbocycles. The maximum atomic E-state index is 10.9. The van der Waals surface area contributed by atoms with E-state index < -0.39 is 12.0 Å². The van der Waals surface area contributed by atoms with Gasteiger partial charge in [0.2, 0.25) is 0 Å². The van der Waals surface area contributed by atoms with Crippen molar-refractivity contribution in [3.05, 3.63) is 10.4 Å². The van der Waals surface area contributed by atoms with Crippen molar-refractivity contribution in [2.75, 3.05) is 7.11 Å². The number of esters is 1. The third-order valence-electron chi connectivity index (χ3n) is 1.50. The number of unbranched alkanes of at least 4 members (excludes halogenated alkanes) is 1. The van der Waals surface area contributed by atoms with E-state index in [0.717, 1.165) is 12.8 Å². The van der Waals surface area contributed by atoms with Crippen LogP contribution in [-0.4, -0.2) is 19.1 Å². The summed E-state index contributed by atoms with van der Waals surface area (Å²) in [5.74, 6) is -0.457. The highest BCUT2D eigenvalue weighted by molar-refractivity contribution is 5.75. The van der Waals surface area contributed by atoms with Crippen molar-refractivity contribution in [1.82, 2.24) is 0 Å². The topological polar surface area (TPSA) is 75.1 Å².